The number of amides is 2. The van der Waals surface area contributed by atoms with Crippen molar-refractivity contribution in [3.05, 3.63) is 0 Å². The largest absolute Gasteiger partial charge is 0.444 e. The topological polar surface area (TPSA) is 70.7 Å². The lowest BCUT2D eigenvalue weighted by atomic mass is 10.1. The number of hydrogen-bond donors (Lipinski definition) is 2. The number of carbonyl (C=O) groups excluding carboxylic acids is 2. The number of nitrogens with zero attached hydrogens (tertiary/aromatic N) is 1. The van der Waals surface area contributed by atoms with Crippen molar-refractivity contribution in [1.82, 2.24) is 15.5 Å². The molecule has 2 fully saturated rings. The first-order valence-electron chi connectivity index (χ1n) is 8.84. The standard InChI is InChI=1S/C17H31N3O3/c1-17(2,3)23-16(22)20-11-4-5-13(9-12-20)18-10-8-15(21)19-14-6-7-14/h13-14,18H,4-12H2,1-3H3,(H,19,21). The van der Waals surface area contributed by atoms with Gasteiger partial charge in [-0.15, -0.1) is 0 Å². The van der Waals surface area contributed by atoms with Gasteiger partial charge in [0, 0.05) is 38.1 Å². The van der Waals surface area contributed by atoms with E-state index in [1.807, 2.05) is 20.8 Å². The summed E-state index contributed by atoms with van der Waals surface area (Å²) < 4.78 is 5.44. The smallest absolute Gasteiger partial charge is 0.410 e. The van der Waals surface area contributed by atoms with Gasteiger partial charge in [0.25, 0.3) is 0 Å². The van der Waals surface area contributed by atoms with Gasteiger partial charge in [-0.25, -0.2) is 4.79 Å². The third-order valence-electron chi connectivity index (χ3n) is 4.11. The van der Waals surface area contributed by atoms with Crippen LogP contribution in [0.5, 0.6) is 0 Å². The Morgan fingerprint density at radius 3 is 2.48 bits per heavy atom. The molecular formula is C17H31N3O3. The molecule has 1 aliphatic heterocycles. The van der Waals surface area contributed by atoms with Crippen LogP contribution in [0.15, 0.2) is 0 Å². The SMILES string of the molecule is CC(C)(C)OC(=O)N1CCCC(NCCC(=O)NC2CC2)CC1. The van der Waals surface area contributed by atoms with Crippen LogP contribution in [0.4, 0.5) is 4.79 Å². The summed E-state index contributed by atoms with van der Waals surface area (Å²) >= 11 is 0. The van der Waals surface area contributed by atoms with Crippen LogP contribution in [0.1, 0.15) is 59.3 Å². The van der Waals surface area contributed by atoms with Gasteiger partial charge in [-0.05, 0) is 52.9 Å². The number of nitrogens with one attached hydrogen (secondary N) is 2. The van der Waals surface area contributed by atoms with E-state index in [9.17, 15) is 9.59 Å². The van der Waals surface area contributed by atoms with Crippen LogP contribution in [0.3, 0.4) is 0 Å². The van der Waals surface area contributed by atoms with E-state index in [1.54, 1.807) is 4.90 Å². The van der Waals surface area contributed by atoms with Gasteiger partial charge >= 0.3 is 6.09 Å². The average Bonchev–Trinajstić information content (AvgIpc) is 3.24. The average molecular weight is 325 g/mol. The number of hydrogen-bond acceptors (Lipinski definition) is 4. The predicted molar refractivity (Wildman–Crippen MR) is 89.2 cm³/mol. The maximum absolute atomic E-state index is 12.1. The van der Waals surface area contributed by atoms with Crippen molar-refractivity contribution in [1.29, 1.82) is 0 Å². The Balaban J connectivity index is 1.64. The first-order chi connectivity index (χ1) is 10.8. The Morgan fingerprint density at radius 1 is 1.09 bits per heavy atom. The molecular weight excluding hydrogens is 294 g/mol. The van der Waals surface area contributed by atoms with Crippen molar-refractivity contribution >= 4 is 12.0 Å². The van der Waals surface area contributed by atoms with Gasteiger partial charge in [0.1, 0.15) is 5.60 Å². The lowest BCUT2D eigenvalue weighted by molar-refractivity contribution is -0.121. The second kappa shape index (κ2) is 7.99. The first kappa shape index (κ1) is 18.0. The minimum atomic E-state index is -0.448. The summed E-state index contributed by atoms with van der Waals surface area (Å²) in [6.07, 6.45) is 5.47. The maximum Gasteiger partial charge on any atom is 0.410 e. The molecule has 0 aromatic heterocycles. The molecule has 1 heterocycles. The van der Waals surface area contributed by atoms with Crippen LogP contribution < -0.4 is 10.6 Å². The minimum Gasteiger partial charge on any atom is -0.444 e. The quantitative estimate of drug-likeness (QED) is 0.811. The predicted octanol–water partition coefficient (Wildman–Crippen LogP) is 2.03. The van der Waals surface area contributed by atoms with E-state index in [1.165, 1.54) is 0 Å². The first-order valence-corrected chi connectivity index (χ1v) is 8.84. The summed E-state index contributed by atoms with van der Waals surface area (Å²) in [6, 6.07) is 0.805. The zero-order valence-electron chi connectivity index (χ0n) is 14.7. The minimum absolute atomic E-state index is 0.143. The monoisotopic (exact) mass is 325 g/mol. The molecule has 2 amide bonds. The number of carbonyl (C=O) groups is 2. The van der Waals surface area contributed by atoms with E-state index in [0.717, 1.165) is 38.6 Å². The van der Waals surface area contributed by atoms with E-state index < -0.39 is 5.60 Å². The maximum atomic E-state index is 12.1. The highest BCUT2D eigenvalue weighted by atomic mass is 16.6. The molecule has 6 nitrogen and oxygen atoms in total. The zero-order chi connectivity index (χ0) is 16.9. The van der Waals surface area contributed by atoms with Crippen LogP contribution in [0.25, 0.3) is 0 Å². The molecule has 1 unspecified atom stereocenters. The highest BCUT2D eigenvalue weighted by Crippen LogP contribution is 2.18. The van der Waals surface area contributed by atoms with Gasteiger partial charge in [-0.2, -0.15) is 0 Å². The van der Waals surface area contributed by atoms with Crippen molar-refractivity contribution < 1.29 is 14.3 Å². The summed E-state index contributed by atoms with van der Waals surface area (Å²) in [5, 5.41) is 6.45. The molecule has 1 saturated carbocycles. The van der Waals surface area contributed by atoms with Crippen molar-refractivity contribution in [2.75, 3.05) is 19.6 Å². The normalized spacial score (nSPS) is 22.4. The molecule has 0 bridgehead atoms. The van der Waals surface area contributed by atoms with E-state index in [-0.39, 0.29) is 12.0 Å². The second-order valence-corrected chi connectivity index (χ2v) is 7.64. The van der Waals surface area contributed by atoms with Crippen LogP contribution >= 0.6 is 0 Å². The van der Waals surface area contributed by atoms with E-state index in [2.05, 4.69) is 10.6 Å². The molecule has 1 atom stereocenters. The van der Waals surface area contributed by atoms with Crippen molar-refractivity contribution in [3.8, 4) is 0 Å². The van der Waals surface area contributed by atoms with Gasteiger partial charge in [0.2, 0.25) is 5.91 Å². The van der Waals surface area contributed by atoms with Gasteiger partial charge in [0.05, 0.1) is 0 Å². The molecule has 1 aliphatic carbocycles. The number of likely N-dealkylation sites (tertiary alicyclic amines) is 1. The van der Waals surface area contributed by atoms with Crippen LogP contribution in [-0.4, -0.2) is 54.2 Å². The van der Waals surface area contributed by atoms with Crippen molar-refractivity contribution in [2.24, 2.45) is 0 Å². The van der Waals surface area contributed by atoms with Gasteiger partial charge in [0.15, 0.2) is 0 Å². The summed E-state index contributed by atoms with van der Waals surface area (Å²) in [7, 11) is 0. The lowest BCUT2D eigenvalue weighted by Gasteiger charge is -2.26. The molecule has 0 aromatic carbocycles. The third-order valence-corrected chi connectivity index (χ3v) is 4.11. The molecule has 0 aromatic rings. The summed E-state index contributed by atoms with van der Waals surface area (Å²) in [5.74, 6) is 0.143. The second-order valence-electron chi connectivity index (χ2n) is 7.64. The van der Waals surface area contributed by atoms with E-state index >= 15 is 0 Å². The molecule has 23 heavy (non-hydrogen) atoms. The summed E-state index contributed by atoms with van der Waals surface area (Å²) in [4.78, 5) is 25.6. The molecule has 1 saturated heterocycles. The van der Waals surface area contributed by atoms with Crippen LogP contribution in [0, 0.1) is 0 Å². The fraction of sp³-hybridized carbons (Fsp3) is 0.882. The molecule has 0 spiro atoms. The third kappa shape index (κ3) is 7.20. The fourth-order valence-electron chi connectivity index (χ4n) is 2.73. The van der Waals surface area contributed by atoms with Crippen molar-refractivity contribution in [2.45, 2.75) is 77.0 Å². The number of ether oxygens (including phenoxy) is 1. The Bertz CT molecular complexity index is 416. The molecule has 2 aliphatic rings. The lowest BCUT2D eigenvalue weighted by Crippen LogP contribution is -2.38. The van der Waals surface area contributed by atoms with Crippen LogP contribution in [-0.2, 0) is 9.53 Å². The Morgan fingerprint density at radius 2 is 1.83 bits per heavy atom. The van der Waals surface area contributed by atoms with E-state index in [0.29, 0.717) is 31.6 Å². The Labute approximate surface area is 139 Å². The van der Waals surface area contributed by atoms with E-state index in [4.69, 9.17) is 4.74 Å². The highest BCUT2D eigenvalue weighted by Gasteiger charge is 2.25. The molecule has 2 N–H and O–H groups in total. The molecule has 132 valence electrons. The number of rotatable bonds is 5. The summed E-state index contributed by atoms with van der Waals surface area (Å²) in [6.45, 7) is 7.82. The highest BCUT2D eigenvalue weighted by molar-refractivity contribution is 5.76. The van der Waals surface area contributed by atoms with Crippen LogP contribution in [0.2, 0.25) is 0 Å². The summed E-state index contributed by atoms with van der Waals surface area (Å²) in [5.41, 5.74) is -0.448. The molecule has 6 heteroatoms. The zero-order valence-corrected chi connectivity index (χ0v) is 14.7. The van der Waals surface area contributed by atoms with Crippen molar-refractivity contribution in [3.63, 3.8) is 0 Å². The van der Waals surface area contributed by atoms with Gasteiger partial charge in [-0.3, -0.25) is 4.79 Å². The fourth-order valence-corrected chi connectivity index (χ4v) is 2.73. The van der Waals surface area contributed by atoms with Gasteiger partial charge in [-0.1, -0.05) is 0 Å². The molecule has 2 rings (SSSR count). The Kier molecular flexibility index (Phi) is 6.27. The molecule has 0 radical (unpaired) electrons. The van der Waals surface area contributed by atoms with Gasteiger partial charge < -0.3 is 20.3 Å². The Hall–Kier alpha value is -1.30.